The van der Waals surface area contributed by atoms with Crippen LogP contribution in [0.1, 0.15) is 23.8 Å². The second kappa shape index (κ2) is 8.05. The second-order valence-corrected chi connectivity index (χ2v) is 8.08. The molecule has 3 aromatic rings. The molecule has 0 spiro atoms. The topological polar surface area (TPSA) is 64.9 Å². The number of alkyl halides is 3. The number of halogens is 4. The lowest BCUT2D eigenvalue weighted by Gasteiger charge is -2.22. The Hall–Kier alpha value is -2.78. The highest BCUT2D eigenvalue weighted by Crippen LogP contribution is 2.35. The van der Waals surface area contributed by atoms with Gasteiger partial charge in [0, 0.05) is 30.1 Å². The fourth-order valence-electron chi connectivity index (χ4n) is 3.45. The monoisotopic (exact) mass is 453 g/mol. The molecule has 4 rings (SSSR count). The predicted octanol–water partition coefficient (Wildman–Crippen LogP) is 4.50. The number of hydrogen-bond acceptors (Lipinski definition) is 4. The summed E-state index contributed by atoms with van der Waals surface area (Å²) < 4.78 is 49.9. The molecule has 1 N–H and O–H groups in total. The summed E-state index contributed by atoms with van der Waals surface area (Å²) in [5, 5.41) is 3.26. The van der Waals surface area contributed by atoms with Crippen LogP contribution in [0, 0.1) is 0 Å². The summed E-state index contributed by atoms with van der Waals surface area (Å²) in [5.74, 6) is -0.339. The molecular weight excluding hydrogens is 435 g/mol. The van der Waals surface area contributed by atoms with Crippen LogP contribution in [0.3, 0.4) is 0 Å². The van der Waals surface area contributed by atoms with Crippen LogP contribution in [-0.2, 0) is 4.74 Å². The van der Waals surface area contributed by atoms with E-state index in [9.17, 15) is 18.0 Å². The number of carbonyl (C=O) groups excluding carboxylic acids is 1. The highest BCUT2D eigenvalue weighted by Gasteiger charge is 2.32. The van der Waals surface area contributed by atoms with Gasteiger partial charge < -0.3 is 19.2 Å². The fourth-order valence-corrected chi connectivity index (χ4v) is 3.66. The molecule has 3 heterocycles. The van der Waals surface area contributed by atoms with E-state index >= 15 is 0 Å². The van der Waals surface area contributed by atoms with Crippen LogP contribution in [0.5, 0.6) is 5.75 Å². The number of rotatable bonds is 5. The van der Waals surface area contributed by atoms with E-state index in [-0.39, 0.29) is 17.4 Å². The SMILES string of the molecule is C[C@]1(NC(=O)c2cn3cc(Cl)cc(-c4ccccc4OCC(F)(F)F)c3n2)CCOC1. The standard InChI is InChI=1S/C21H19ClF3N3O3/c1-20(6-7-30-11-20)27-19(29)16-10-28-9-13(22)8-15(18(28)26-16)14-4-2-3-5-17(14)31-12-21(23,24)25/h2-5,8-10H,6-7,11-12H2,1H3,(H,27,29)/t20-/m0/s1. The van der Waals surface area contributed by atoms with Gasteiger partial charge in [-0.1, -0.05) is 29.8 Å². The van der Waals surface area contributed by atoms with Gasteiger partial charge in [0.2, 0.25) is 0 Å². The number of para-hydroxylation sites is 1. The molecule has 1 aromatic carbocycles. The predicted molar refractivity (Wildman–Crippen MR) is 108 cm³/mol. The number of nitrogens with one attached hydrogen (secondary N) is 1. The van der Waals surface area contributed by atoms with E-state index in [1.807, 2.05) is 6.92 Å². The molecule has 1 saturated heterocycles. The van der Waals surface area contributed by atoms with Gasteiger partial charge in [-0.25, -0.2) is 4.98 Å². The lowest BCUT2D eigenvalue weighted by Crippen LogP contribution is -2.46. The third-order valence-electron chi connectivity index (χ3n) is 4.95. The first kappa shape index (κ1) is 21.5. The maximum absolute atomic E-state index is 12.8. The zero-order chi connectivity index (χ0) is 22.2. The molecule has 0 aliphatic carbocycles. The molecule has 0 bridgehead atoms. The molecule has 1 aliphatic heterocycles. The highest BCUT2D eigenvalue weighted by atomic mass is 35.5. The number of imidazole rings is 1. The average molecular weight is 454 g/mol. The van der Waals surface area contributed by atoms with Crippen LogP contribution >= 0.6 is 11.6 Å². The minimum absolute atomic E-state index is 0.0357. The van der Waals surface area contributed by atoms with Crippen molar-refractivity contribution in [2.45, 2.75) is 25.1 Å². The van der Waals surface area contributed by atoms with Gasteiger partial charge in [-0.05, 0) is 25.5 Å². The molecule has 0 radical (unpaired) electrons. The first-order valence-electron chi connectivity index (χ1n) is 9.51. The number of fused-ring (bicyclic) bond motifs is 1. The van der Waals surface area contributed by atoms with Crippen molar-refractivity contribution in [3.05, 3.63) is 53.4 Å². The molecule has 0 unspecified atom stereocenters. The van der Waals surface area contributed by atoms with Crippen molar-refractivity contribution in [3.8, 4) is 16.9 Å². The number of ether oxygens (including phenoxy) is 2. The summed E-state index contributed by atoms with van der Waals surface area (Å²) in [7, 11) is 0. The Balaban J connectivity index is 1.72. The molecule has 6 nitrogen and oxygen atoms in total. The number of hydrogen-bond donors (Lipinski definition) is 1. The van der Waals surface area contributed by atoms with Crippen LogP contribution in [-0.4, -0.2) is 46.8 Å². The van der Waals surface area contributed by atoms with E-state index in [4.69, 9.17) is 21.1 Å². The molecule has 1 atom stereocenters. The lowest BCUT2D eigenvalue weighted by atomic mass is 10.0. The van der Waals surface area contributed by atoms with Gasteiger partial charge in [-0.2, -0.15) is 13.2 Å². The maximum atomic E-state index is 12.8. The van der Waals surface area contributed by atoms with Gasteiger partial charge in [-0.15, -0.1) is 0 Å². The van der Waals surface area contributed by atoms with Crippen LogP contribution in [0.15, 0.2) is 42.7 Å². The van der Waals surface area contributed by atoms with E-state index in [1.165, 1.54) is 12.3 Å². The van der Waals surface area contributed by atoms with Gasteiger partial charge in [0.15, 0.2) is 6.61 Å². The van der Waals surface area contributed by atoms with Crippen LogP contribution < -0.4 is 10.1 Å². The second-order valence-electron chi connectivity index (χ2n) is 7.65. The summed E-state index contributed by atoms with van der Waals surface area (Å²) in [6, 6.07) is 7.88. The molecule has 0 saturated carbocycles. The molecule has 1 amide bonds. The van der Waals surface area contributed by atoms with E-state index in [0.717, 1.165) is 0 Å². The number of carbonyl (C=O) groups is 1. The van der Waals surface area contributed by atoms with Crippen molar-refractivity contribution in [2.75, 3.05) is 19.8 Å². The molecule has 2 aromatic heterocycles. The van der Waals surface area contributed by atoms with E-state index in [1.54, 1.807) is 34.9 Å². The van der Waals surface area contributed by atoms with Crippen molar-refractivity contribution in [3.63, 3.8) is 0 Å². The lowest BCUT2D eigenvalue weighted by molar-refractivity contribution is -0.153. The summed E-state index contributed by atoms with van der Waals surface area (Å²) in [6.07, 6.45) is -0.690. The van der Waals surface area contributed by atoms with Gasteiger partial charge in [-0.3, -0.25) is 4.79 Å². The zero-order valence-corrected chi connectivity index (χ0v) is 17.3. The van der Waals surface area contributed by atoms with E-state index in [0.29, 0.717) is 41.4 Å². The van der Waals surface area contributed by atoms with E-state index in [2.05, 4.69) is 10.3 Å². The summed E-state index contributed by atoms with van der Waals surface area (Å²) in [6.45, 7) is 1.44. The Morgan fingerprint density at radius 1 is 1.32 bits per heavy atom. The summed E-state index contributed by atoms with van der Waals surface area (Å²) >= 11 is 6.24. The number of benzene rings is 1. The highest BCUT2D eigenvalue weighted by molar-refractivity contribution is 6.31. The van der Waals surface area contributed by atoms with Gasteiger partial charge in [0.05, 0.1) is 17.2 Å². The number of aromatic nitrogens is 2. The smallest absolute Gasteiger partial charge is 0.422 e. The first-order valence-corrected chi connectivity index (χ1v) is 9.89. The third-order valence-corrected chi connectivity index (χ3v) is 5.16. The van der Waals surface area contributed by atoms with Gasteiger partial charge in [0.1, 0.15) is 17.1 Å². The molecule has 10 heteroatoms. The molecule has 1 aliphatic rings. The van der Waals surface area contributed by atoms with Crippen LogP contribution in [0.4, 0.5) is 13.2 Å². The van der Waals surface area contributed by atoms with Crippen molar-refractivity contribution in [1.29, 1.82) is 0 Å². The van der Waals surface area contributed by atoms with Gasteiger partial charge in [0.25, 0.3) is 5.91 Å². The Labute approximate surface area is 180 Å². The van der Waals surface area contributed by atoms with E-state index < -0.39 is 18.3 Å². The van der Waals surface area contributed by atoms with Crippen LogP contribution in [0.2, 0.25) is 5.02 Å². The zero-order valence-electron chi connectivity index (χ0n) is 16.5. The third kappa shape index (κ3) is 4.77. The Morgan fingerprint density at radius 3 is 2.81 bits per heavy atom. The Morgan fingerprint density at radius 2 is 2.10 bits per heavy atom. The average Bonchev–Trinajstić information content (AvgIpc) is 3.31. The molecule has 1 fully saturated rings. The van der Waals surface area contributed by atoms with Crippen molar-refractivity contribution in [1.82, 2.24) is 14.7 Å². The quantitative estimate of drug-likeness (QED) is 0.617. The summed E-state index contributed by atoms with van der Waals surface area (Å²) in [5.41, 5.74) is 0.870. The molecular formula is C21H19ClF3N3O3. The molecule has 164 valence electrons. The molecule has 31 heavy (non-hydrogen) atoms. The van der Waals surface area contributed by atoms with Crippen molar-refractivity contribution >= 4 is 23.2 Å². The Kier molecular flexibility index (Phi) is 5.57. The fraction of sp³-hybridized carbons (Fsp3) is 0.333. The summed E-state index contributed by atoms with van der Waals surface area (Å²) in [4.78, 5) is 17.2. The number of nitrogens with zero attached hydrogens (tertiary/aromatic N) is 2. The first-order chi connectivity index (χ1) is 14.6. The minimum atomic E-state index is -4.48. The minimum Gasteiger partial charge on any atom is -0.483 e. The Bertz CT molecular complexity index is 1120. The van der Waals surface area contributed by atoms with Gasteiger partial charge >= 0.3 is 6.18 Å². The normalized spacial score (nSPS) is 19.0. The number of pyridine rings is 1. The van der Waals surface area contributed by atoms with Crippen LogP contribution in [0.25, 0.3) is 16.8 Å². The largest absolute Gasteiger partial charge is 0.483 e. The van der Waals surface area contributed by atoms with Crippen molar-refractivity contribution < 1.29 is 27.4 Å². The maximum Gasteiger partial charge on any atom is 0.422 e. The van der Waals surface area contributed by atoms with Crippen molar-refractivity contribution in [2.24, 2.45) is 0 Å². The number of amides is 1.